The van der Waals surface area contributed by atoms with Crippen LogP contribution < -0.4 is 14.4 Å². The minimum absolute atomic E-state index is 0.231. The van der Waals surface area contributed by atoms with Crippen molar-refractivity contribution in [3.05, 3.63) is 53.6 Å². The van der Waals surface area contributed by atoms with E-state index in [1.54, 1.807) is 0 Å². The zero-order chi connectivity index (χ0) is 18.6. The smallest absolute Gasteiger partial charge is 0.223 e. The van der Waals surface area contributed by atoms with E-state index in [9.17, 15) is 4.79 Å². The van der Waals surface area contributed by atoms with Crippen LogP contribution in [0.1, 0.15) is 17.5 Å². The predicted octanol–water partition coefficient (Wildman–Crippen LogP) is 3.05. The van der Waals surface area contributed by atoms with Gasteiger partial charge in [-0.05, 0) is 42.7 Å². The Kier molecular flexibility index (Phi) is 5.19. The average Bonchev–Trinajstić information content (AvgIpc) is 2.72. The van der Waals surface area contributed by atoms with E-state index >= 15 is 0 Å². The molecule has 2 heterocycles. The van der Waals surface area contributed by atoms with Crippen LogP contribution in [0.25, 0.3) is 0 Å². The summed E-state index contributed by atoms with van der Waals surface area (Å²) >= 11 is 0. The highest BCUT2D eigenvalue weighted by Crippen LogP contribution is 2.31. The van der Waals surface area contributed by atoms with Gasteiger partial charge in [-0.25, -0.2) is 0 Å². The van der Waals surface area contributed by atoms with Gasteiger partial charge in [0.1, 0.15) is 13.2 Å². The Morgan fingerprint density at radius 1 is 0.963 bits per heavy atom. The van der Waals surface area contributed by atoms with Crippen molar-refractivity contribution in [1.82, 2.24) is 4.90 Å². The molecule has 27 heavy (non-hydrogen) atoms. The fourth-order valence-electron chi connectivity index (χ4n) is 3.77. The van der Waals surface area contributed by atoms with E-state index in [0.717, 1.165) is 49.7 Å². The maximum absolute atomic E-state index is 12.6. The molecule has 0 bridgehead atoms. The first kappa shape index (κ1) is 17.7. The predicted molar refractivity (Wildman–Crippen MR) is 106 cm³/mol. The molecule has 2 aliphatic heterocycles. The molecular weight excluding hydrogens is 340 g/mol. The molecule has 0 radical (unpaired) electrons. The molecule has 0 aromatic heterocycles. The number of anilines is 1. The van der Waals surface area contributed by atoms with Crippen molar-refractivity contribution in [2.45, 2.75) is 19.8 Å². The second-order valence-corrected chi connectivity index (χ2v) is 7.13. The van der Waals surface area contributed by atoms with Crippen LogP contribution in [0.5, 0.6) is 11.5 Å². The Balaban J connectivity index is 1.29. The molecule has 5 heteroatoms. The van der Waals surface area contributed by atoms with Crippen molar-refractivity contribution < 1.29 is 14.3 Å². The van der Waals surface area contributed by atoms with Gasteiger partial charge in [-0.2, -0.15) is 0 Å². The number of rotatable bonds is 4. The highest BCUT2D eigenvalue weighted by molar-refractivity contribution is 5.77. The minimum atomic E-state index is 0.231. The van der Waals surface area contributed by atoms with Crippen molar-refractivity contribution >= 4 is 11.6 Å². The molecule has 1 amide bonds. The fourth-order valence-corrected chi connectivity index (χ4v) is 3.77. The Morgan fingerprint density at radius 2 is 1.70 bits per heavy atom. The molecule has 142 valence electrons. The molecule has 0 N–H and O–H groups in total. The zero-order valence-corrected chi connectivity index (χ0v) is 15.8. The summed E-state index contributed by atoms with van der Waals surface area (Å²) in [5.74, 6) is 1.82. The summed E-state index contributed by atoms with van der Waals surface area (Å²) in [5.41, 5.74) is 3.68. The van der Waals surface area contributed by atoms with Gasteiger partial charge in [0.25, 0.3) is 0 Å². The highest BCUT2D eigenvalue weighted by Gasteiger charge is 2.22. The van der Waals surface area contributed by atoms with E-state index in [-0.39, 0.29) is 5.91 Å². The molecule has 0 unspecified atom stereocenters. The lowest BCUT2D eigenvalue weighted by Crippen LogP contribution is -2.49. The summed E-state index contributed by atoms with van der Waals surface area (Å²) in [5, 5.41) is 0. The molecule has 0 atom stereocenters. The molecule has 1 saturated heterocycles. The zero-order valence-electron chi connectivity index (χ0n) is 15.8. The Bertz CT molecular complexity index is 813. The van der Waals surface area contributed by atoms with E-state index < -0.39 is 0 Å². The topological polar surface area (TPSA) is 42.0 Å². The Morgan fingerprint density at radius 3 is 2.48 bits per heavy atom. The molecule has 5 nitrogen and oxygen atoms in total. The third kappa shape index (κ3) is 4.02. The highest BCUT2D eigenvalue weighted by atomic mass is 16.6. The SMILES string of the molecule is Cc1ccccc1N1CCN(C(=O)CCc2ccc3c(c2)OCCO3)CC1. The third-order valence-corrected chi connectivity index (χ3v) is 5.32. The number of amides is 1. The van der Waals surface area contributed by atoms with Crippen molar-refractivity contribution in [3.63, 3.8) is 0 Å². The number of carbonyl (C=O) groups excluding carboxylic acids is 1. The number of aryl methyl sites for hydroxylation is 2. The number of ether oxygens (including phenoxy) is 2. The summed E-state index contributed by atoms with van der Waals surface area (Å²) < 4.78 is 11.2. The summed E-state index contributed by atoms with van der Waals surface area (Å²) in [6.45, 7) is 6.67. The number of benzene rings is 2. The number of hydrogen-bond acceptors (Lipinski definition) is 4. The van der Waals surface area contributed by atoms with Gasteiger partial charge >= 0.3 is 0 Å². The average molecular weight is 366 g/mol. The minimum Gasteiger partial charge on any atom is -0.486 e. The van der Waals surface area contributed by atoms with Crippen molar-refractivity contribution in [2.75, 3.05) is 44.3 Å². The maximum atomic E-state index is 12.6. The third-order valence-electron chi connectivity index (χ3n) is 5.32. The van der Waals surface area contributed by atoms with E-state index in [1.165, 1.54) is 11.3 Å². The van der Waals surface area contributed by atoms with Crippen molar-refractivity contribution in [2.24, 2.45) is 0 Å². The number of carbonyl (C=O) groups is 1. The normalized spacial score (nSPS) is 16.3. The van der Waals surface area contributed by atoms with E-state index in [1.807, 2.05) is 23.1 Å². The first-order valence-electron chi connectivity index (χ1n) is 9.67. The molecule has 0 saturated carbocycles. The Labute approximate surface area is 160 Å². The van der Waals surface area contributed by atoms with Gasteiger partial charge in [0.15, 0.2) is 11.5 Å². The quantitative estimate of drug-likeness (QED) is 0.834. The monoisotopic (exact) mass is 366 g/mol. The lowest BCUT2D eigenvalue weighted by atomic mass is 10.1. The van der Waals surface area contributed by atoms with E-state index in [2.05, 4.69) is 36.1 Å². The first-order chi connectivity index (χ1) is 13.2. The molecule has 0 spiro atoms. The largest absolute Gasteiger partial charge is 0.486 e. The van der Waals surface area contributed by atoms with Crippen LogP contribution >= 0.6 is 0 Å². The summed E-state index contributed by atoms with van der Waals surface area (Å²) in [6.07, 6.45) is 1.26. The van der Waals surface area contributed by atoms with Crippen LogP contribution in [0, 0.1) is 6.92 Å². The van der Waals surface area contributed by atoms with Gasteiger partial charge < -0.3 is 19.3 Å². The molecule has 4 rings (SSSR count). The maximum Gasteiger partial charge on any atom is 0.223 e. The first-order valence-corrected chi connectivity index (χ1v) is 9.67. The van der Waals surface area contributed by atoms with Gasteiger partial charge in [-0.3, -0.25) is 4.79 Å². The molecule has 2 aliphatic rings. The van der Waals surface area contributed by atoms with Crippen LogP contribution in [0.2, 0.25) is 0 Å². The van der Waals surface area contributed by atoms with E-state index in [0.29, 0.717) is 19.6 Å². The lowest BCUT2D eigenvalue weighted by Gasteiger charge is -2.37. The number of nitrogens with zero attached hydrogens (tertiary/aromatic N) is 2. The summed E-state index contributed by atoms with van der Waals surface area (Å²) in [6, 6.07) is 14.4. The lowest BCUT2D eigenvalue weighted by molar-refractivity contribution is -0.131. The van der Waals surface area contributed by atoms with Crippen LogP contribution in [0.3, 0.4) is 0 Å². The number of para-hydroxylation sites is 1. The second-order valence-electron chi connectivity index (χ2n) is 7.13. The second kappa shape index (κ2) is 7.91. The van der Waals surface area contributed by atoms with Gasteiger partial charge in [0.05, 0.1) is 0 Å². The molecule has 1 fully saturated rings. The van der Waals surface area contributed by atoms with Crippen molar-refractivity contribution in [3.8, 4) is 11.5 Å². The molecule has 2 aromatic rings. The molecule has 0 aliphatic carbocycles. The van der Waals surface area contributed by atoms with Crippen LogP contribution in [-0.2, 0) is 11.2 Å². The van der Waals surface area contributed by atoms with Gasteiger partial charge in [0, 0.05) is 38.3 Å². The van der Waals surface area contributed by atoms with Crippen LogP contribution in [-0.4, -0.2) is 50.2 Å². The fraction of sp³-hybridized carbons (Fsp3) is 0.409. The van der Waals surface area contributed by atoms with E-state index in [4.69, 9.17) is 9.47 Å². The molecular formula is C22H26N2O3. The number of fused-ring (bicyclic) bond motifs is 1. The summed E-state index contributed by atoms with van der Waals surface area (Å²) in [4.78, 5) is 17.0. The Hall–Kier alpha value is -2.69. The molecule has 2 aromatic carbocycles. The number of piperazine rings is 1. The van der Waals surface area contributed by atoms with Crippen LogP contribution in [0.15, 0.2) is 42.5 Å². The van der Waals surface area contributed by atoms with Gasteiger partial charge in [-0.15, -0.1) is 0 Å². The van der Waals surface area contributed by atoms with Gasteiger partial charge in [0.2, 0.25) is 5.91 Å². The summed E-state index contributed by atoms with van der Waals surface area (Å²) in [7, 11) is 0. The van der Waals surface area contributed by atoms with Gasteiger partial charge in [-0.1, -0.05) is 24.3 Å². The van der Waals surface area contributed by atoms with Crippen molar-refractivity contribution in [1.29, 1.82) is 0 Å². The number of hydrogen-bond donors (Lipinski definition) is 0. The standard InChI is InChI=1S/C22H26N2O3/c1-17-4-2-3-5-19(17)23-10-12-24(13-11-23)22(25)9-7-18-6-8-20-21(16-18)27-15-14-26-20/h2-6,8,16H,7,9-15H2,1H3. The van der Waals surface area contributed by atoms with Crippen LogP contribution in [0.4, 0.5) is 5.69 Å².